The van der Waals surface area contributed by atoms with Crippen LogP contribution in [0.2, 0.25) is 0 Å². The van der Waals surface area contributed by atoms with Gasteiger partial charge in [-0.25, -0.2) is 8.42 Å². The molecule has 0 saturated carbocycles. The van der Waals surface area contributed by atoms with Gasteiger partial charge in [0.2, 0.25) is 10.0 Å². The Morgan fingerprint density at radius 3 is 2.31 bits per heavy atom. The Hall–Kier alpha value is -2.78. The Morgan fingerprint density at radius 2 is 1.69 bits per heavy atom. The van der Waals surface area contributed by atoms with E-state index in [1.807, 2.05) is 0 Å². The van der Waals surface area contributed by atoms with Crippen LogP contribution in [0, 0.1) is 10.1 Å². The molecule has 0 radical (unpaired) electrons. The van der Waals surface area contributed by atoms with Gasteiger partial charge in [-0.15, -0.1) is 0 Å². The normalized spacial score (nSPS) is 15.4. The van der Waals surface area contributed by atoms with Crippen molar-refractivity contribution < 1.29 is 18.1 Å². The van der Waals surface area contributed by atoms with Crippen LogP contribution in [0.5, 0.6) is 0 Å². The molecule has 154 valence electrons. The van der Waals surface area contributed by atoms with Crippen molar-refractivity contribution in [2.75, 3.05) is 25.0 Å². The van der Waals surface area contributed by atoms with Gasteiger partial charge in [-0.2, -0.15) is 4.31 Å². The number of nitrogens with one attached hydrogen (secondary N) is 1. The maximum absolute atomic E-state index is 12.8. The van der Waals surface area contributed by atoms with Gasteiger partial charge in [0.05, 0.1) is 16.4 Å². The molecule has 1 aliphatic rings. The summed E-state index contributed by atoms with van der Waals surface area (Å²) in [5, 5.41) is 13.8. The number of anilines is 1. The molecule has 1 saturated heterocycles. The molecular weight excluding hydrogens is 394 g/mol. The van der Waals surface area contributed by atoms with Crippen molar-refractivity contribution >= 4 is 27.2 Å². The van der Waals surface area contributed by atoms with E-state index in [4.69, 9.17) is 0 Å². The number of non-ortho nitro benzene ring substituents is 1. The number of benzene rings is 2. The fraction of sp³-hybridized carbons (Fsp3) is 0.350. The van der Waals surface area contributed by atoms with Crippen LogP contribution < -0.4 is 5.32 Å². The van der Waals surface area contributed by atoms with Crippen molar-refractivity contribution in [2.24, 2.45) is 0 Å². The van der Waals surface area contributed by atoms with E-state index in [0.717, 1.165) is 25.7 Å². The number of hydrogen-bond acceptors (Lipinski definition) is 6. The second-order valence-electron chi connectivity index (χ2n) is 6.93. The van der Waals surface area contributed by atoms with Crippen LogP contribution in [0.1, 0.15) is 36.0 Å². The minimum atomic E-state index is -3.51. The van der Waals surface area contributed by atoms with Crippen LogP contribution >= 0.6 is 0 Å². The predicted octanol–water partition coefficient (Wildman–Crippen LogP) is 3.45. The van der Waals surface area contributed by atoms with E-state index in [1.54, 1.807) is 12.1 Å². The quantitative estimate of drug-likeness (QED) is 0.420. The third-order valence-corrected chi connectivity index (χ3v) is 6.80. The van der Waals surface area contributed by atoms with Gasteiger partial charge in [0.1, 0.15) is 0 Å². The summed E-state index contributed by atoms with van der Waals surface area (Å²) in [4.78, 5) is 22.8. The van der Waals surface area contributed by atoms with Crippen LogP contribution in [0.3, 0.4) is 0 Å². The highest BCUT2D eigenvalue weighted by atomic mass is 32.2. The number of rotatable bonds is 7. The molecule has 1 aliphatic heterocycles. The highest BCUT2D eigenvalue weighted by molar-refractivity contribution is 7.89. The number of nitrogens with zero attached hydrogens (tertiary/aromatic N) is 2. The zero-order valence-electron chi connectivity index (χ0n) is 15.9. The first-order chi connectivity index (χ1) is 13.9. The lowest BCUT2D eigenvalue weighted by atomic mass is 10.1. The van der Waals surface area contributed by atoms with Crippen LogP contribution in [0.15, 0.2) is 53.4 Å². The summed E-state index contributed by atoms with van der Waals surface area (Å²) >= 11 is 0. The minimum Gasteiger partial charge on any atom is -0.378 e. The maximum atomic E-state index is 12.8. The SMILES string of the molecule is O=C(CNc1ccc(S(=O)(=O)N2CCCCCC2)cc1)c1cccc([N+](=O)[O-])c1. The fourth-order valence-corrected chi connectivity index (χ4v) is 4.77. The fourth-order valence-electron chi connectivity index (χ4n) is 3.25. The van der Waals surface area contributed by atoms with Crippen molar-refractivity contribution in [2.45, 2.75) is 30.6 Å². The van der Waals surface area contributed by atoms with E-state index in [0.29, 0.717) is 18.8 Å². The Morgan fingerprint density at radius 1 is 1.03 bits per heavy atom. The van der Waals surface area contributed by atoms with Gasteiger partial charge in [0.25, 0.3) is 5.69 Å². The molecule has 9 heteroatoms. The Kier molecular flexibility index (Phi) is 6.60. The van der Waals surface area contributed by atoms with Crippen molar-refractivity contribution in [3.05, 3.63) is 64.2 Å². The average molecular weight is 417 g/mol. The summed E-state index contributed by atoms with van der Waals surface area (Å²) in [5.41, 5.74) is 0.699. The third kappa shape index (κ3) is 5.18. The standard InChI is InChI=1S/C20H23N3O5S/c24-20(16-6-5-7-18(14-16)23(25)26)15-21-17-8-10-19(11-9-17)29(27,28)22-12-3-1-2-4-13-22/h5-11,14,21H,1-4,12-13,15H2. The highest BCUT2D eigenvalue weighted by Crippen LogP contribution is 2.22. The van der Waals surface area contributed by atoms with Crippen molar-refractivity contribution in [3.63, 3.8) is 0 Å². The second-order valence-corrected chi connectivity index (χ2v) is 8.86. The number of carbonyl (C=O) groups is 1. The first kappa shape index (κ1) is 20.9. The van der Waals surface area contributed by atoms with Crippen LogP contribution in [0.25, 0.3) is 0 Å². The zero-order chi connectivity index (χ0) is 20.9. The number of hydrogen-bond donors (Lipinski definition) is 1. The molecule has 1 heterocycles. The van der Waals surface area contributed by atoms with Gasteiger partial charge >= 0.3 is 0 Å². The third-order valence-electron chi connectivity index (χ3n) is 4.89. The molecule has 0 aliphatic carbocycles. The molecule has 0 unspecified atom stereocenters. The van der Waals surface area contributed by atoms with E-state index >= 15 is 0 Å². The van der Waals surface area contributed by atoms with Crippen LogP contribution in [-0.4, -0.2) is 43.1 Å². The zero-order valence-corrected chi connectivity index (χ0v) is 16.7. The first-order valence-corrected chi connectivity index (χ1v) is 10.9. The van der Waals surface area contributed by atoms with Crippen LogP contribution in [-0.2, 0) is 10.0 Å². The lowest BCUT2D eigenvalue weighted by Gasteiger charge is -2.20. The van der Waals surface area contributed by atoms with Crippen molar-refractivity contribution in [1.82, 2.24) is 4.31 Å². The molecule has 0 amide bonds. The predicted molar refractivity (Wildman–Crippen MR) is 110 cm³/mol. The summed E-state index contributed by atoms with van der Waals surface area (Å²) in [5.74, 6) is -0.296. The lowest BCUT2D eigenvalue weighted by molar-refractivity contribution is -0.384. The van der Waals surface area contributed by atoms with E-state index in [9.17, 15) is 23.3 Å². The summed E-state index contributed by atoms with van der Waals surface area (Å²) < 4.78 is 27.1. The summed E-state index contributed by atoms with van der Waals surface area (Å²) in [6.45, 7) is 1.03. The lowest BCUT2D eigenvalue weighted by Crippen LogP contribution is -2.31. The minimum absolute atomic E-state index is 0.0562. The second kappa shape index (κ2) is 9.15. The van der Waals surface area contributed by atoms with Gasteiger partial charge < -0.3 is 5.32 Å². The Bertz CT molecular complexity index is 981. The topological polar surface area (TPSA) is 110 Å². The molecule has 1 fully saturated rings. The summed E-state index contributed by atoms with van der Waals surface area (Å²) in [6.07, 6.45) is 3.85. The van der Waals surface area contributed by atoms with Crippen molar-refractivity contribution in [1.29, 1.82) is 0 Å². The largest absolute Gasteiger partial charge is 0.378 e. The molecule has 3 rings (SSSR count). The molecule has 0 bridgehead atoms. The van der Waals surface area contributed by atoms with Gasteiger partial charge in [0.15, 0.2) is 5.78 Å². The molecule has 2 aromatic carbocycles. The van der Waals surface area contributed by atoms with E-state index in [1.165, 1.54) is 40.7 Å². The monoisotopic (exact) mass is 417 g/mol. The molecule has 8 nitrogen and oxygen atoms in total. The molecule has 0 atom stereocenters. The number of Topliss-reactive ketones (excluding diaryl/α,β-unsaturated/α-hetero) is 1. The van der Waals surface area contributed by atoms with Crippen LogP contribution in [0.4, 0.5) is 11.4 Å². The van der Waals surface area contributed by atoms with Gasteiger partial charge in [0, 0.05) is 36.5 Å². The number of sulfonamides is 1. The molecule has 29 heavy (non-hydrogen) atoms. The van der Waals surface area contributed by atoms with Gasteiger partial charge in [-0.1, -0.05) is 25.0 Å². The smallest absolute Gasteiger partial charge is 0.270 e. The molecule has 0 aromatic heterocycles. The highest BCUT2D eigenvalue weighted by Gasteiger charge is 2.24. The van der Waals surface area contributed by atoms with Gasteiger partial charge in [-0.05, 0) is 37.1 Å². The summed E-state index contributed by atoms with van der Waals surface area (Å²) in [7, 11) is -3.51. The van der Waals surface area contributed by atoms with Crippen molar-refractivity contribution in [3.8, 4) is 0 Å². The first-order valence-electron chi connectivity index (χ1n) is 9.50. The molecular formula is C20H23N3O5S. The molecule has 1 N–H and O–H groups in total. The number of nitro benzene ring substituents is 1. The Labute approximate surface area is 169 Å². The van der Waals surface area contributed by atoms with Gasteiger partial charge in [-0.3, -0.25) is 14.9 Å². The summed E-state index contributed by atoms with van der Waals surface area (Å²) in [6, 6.07) is 11.8. The maximum Gasteiger partial charge on any atom is 0.270 e. The number of nitro groups is 1. The van der Waals surface area contributed by atoms with E-state index in [2.05, 4.69) is 5.32 Å². The molecule has 0 spiro atoms. The van der Waals surface area contributed by atoms with E-state index < -0.39 is 14.9 Å². The molecule has 2 aromatic rings. The Balaban J connectivity index is 1.64. The number of carbonyl (C=O) groups excluding carboxylic acids is 1. The average Bonchev–Trinajstić information content (AvgIpc) is 3.02. The number of ketones is 1. The van der Waals surface area contributed by atoms with E-state index in [-0.39, 0.29) is 28.5 Å².